The molecule has 1 saturated heterocycles. The van der Waals surface area contributed by atoms with Gasteiger partial charge < -0.3 is 18.8 Å². The van der Waals surface area contributed by atoms with Gasteiger partial charge in [-0.05, 0) is 38.1 Å². The molecule has 4 rings (SSSR count). The van der Waals surface area contributed by atoms with Gasteiger partial charge in [0.15, 0.2) is 11.4 Å². The maximum atomic E-state index is 13.2. The molecule has 186 valence electrons. The van der Waals surface area contributed by atoms with E-state index in [1.54, 1.807) is 26.0 Å². The van der Waals surface area contributed by atoms with E-state index in [2.05, 4.69) is 20.4 Å². The summed E-state index contributed by atoms with van der Waals surface area (Å²) in [5.41, 5.74) is -1.50. The number of carbonyl (C=O) groups is 1. The van der Waals surface area contributed by atoms with Gasteiger partial charge in [-0.3, -0.25) is 4.79 Å². The minimum atomic E-state index is -4.47. The summed E-state index contributed by atoms with van der Waals surface area (Å²) in [7, 11) is 0. The molecule has 0 amide bonds. The first-order chi connectivity index (χ1) is 16.5. The molecule has 0 radical (unpaired) electrons. The summed E-state index contributed by atoms with van der Waals surface area (Å²) in [6, 6.07) is 8.67. The molecule has 2 aromatic heterocycles. The Labute approximate surface area is 199 Å². The maximum Gasteiger partial charge on any atom is 0.419 e. The zero-order valence-electron chi connectivity index (χ0n) is 19.4. The van der Waals surface area contributed by atoms with Gasteiger partial charge >= 0.3 is 12.1 Å². The van der Waals surface area contributed by atoms with Crippen molar-refractivity contribution in [3.05, 3.63) is 47.9 Å². The van der Waals surface area contributed by atoms with E-state index in [0.717, 1.165) is 6.07 Å². The average Bonchev–Trinajstić information content (AvgIpc) is 3.30. The molecular formula is C23H24F3N5O4. The highest BCUT2D eigenvalue weighted by atomic mass is 19.4. The van der Waals surface area contributed by atoms with Gasteiger partial charge in [-0.2, -0.15) is 13.2 Å². The number of nitrogens with zero attached hydrogens (tertiary/aromatic N) is 5. The molecule has 0 spiro atoms. The molecule has 0 atom stereocenters. The van der Waals surface area contributed by atoms with Gasteiger partial charge in [-0.1, -0.05) is 12.1 Å². The number of hydrogen-bond acceptors (Lipinski definition) is 9. The third-order valence-electron chi connectivity index (χ3n) is 5.46. The number of halogens is 3. The van der Waals surface area contributed by atoms with E-state index in [1.165, 1.54) is 25.1 Å². The van der Waals surface area contributed by atoms with Crippen LogP contribution in [0.15, 0.2) is 40.8 Å². The van der Waals surface area contributed by atoms with Crippen molar-refractivity contribution in [2.45, 2.75) is 51.5 Å². The van der Waals surface area contributed by atoms with Crippen molar-refractivity contribution >= 4 is 11.8 Å². The highest BCUT2D eigenvalue weighted by molar-refractivity contribution is 5.66. The minimum Gasteiger partial charge on any atom is -0.490 e. The summed E-state index contributed by atoms with van der Waals surface area (Å²) in [6.07, 6.45) is -3.73. The van der Waals surface area contributed by atoms with Crippen LogP contribution in [0.1, 0.15) is 45.1 Å². The van der Waals surface area contributed by atoms with Crippen molar-refractivity contribution in [2.75, 3.05) is 18.0 Å². The van der Waals surface area contributed by atoms with E-state index in [0.29, 0.717) is 37.4 Å². The lowest BCUT2D eigenvalue weighted by Gasteiger charge is -2.33. The molecule has 3 heterocycles. The SMILES string of the molecule is CC(=O)OC(C)(C)c1nnc(-c2ccc(N3CCC(Oc4ccccc4C(F)(F)F)CC3)nn2)o1. The number of piperidine rings is 1. The first kappa shape index (κ1) is 24.4. The molecule has 12 heteroatoms. The fourth-order valence-electron chi connectivity index (χ4n) is 3.77. The molecule has 35 heavy (non-hydrogen) atoms. The van der Waals surface area contributed by atoms with Gasteiger partial charge in [-0.15, -0.1) is 20.4 Å². The molecule has 1 fully saturated rings. The van der Waals surface area contributed by atoms with Gasteiger partial charge in [-0.25, -0.2) is 0 Å². The number of carbonyl (C=O) groups excluding carboxylic acids is 1. The number of hydrogen-bond donors (Lipinski definition) is 0. The van der Waals surface area contributed by atoms with Crippen molar-refractivity contribution in [2.24, 2.45) is 0 Å². The van der Waals surface area contributed by atoms with Crippen LogP contribution in [0, 0.1) is 0 Å². The number of esters is 1. The fourth-order valence-corrected chi connectivity index (χ4v) is 3.77. The molecule has 1 aliphatic heterocycles. The highest BCUT2D eigenvalue weighted by Gasteiger charge is 2.35. The van der Waals surface area contributed by atoms with Gasteiger partial charge in [0, 0.05) is 32.9 Å². The zero-order chi connectivity index (χ0) is 25.2. The fraction of sp³-hybridized carbons (Fsp3) is 0.435. The van der Waals surface area contributed by atoms with Crippen LogP contribution in [0.5, 0.6) is 5.75 Å². The molecule has 3 aromatic rings. The van der Waals surface area contributed by atoms with Crippen LogP contribution in [0.4, 0.5) is 19.0 Å². The molecular weight excluding hydrogens is 467 g/mol. The molecule has 0 saturated carbocycles. The Hall–Kier alpha value is -3.70. The average molecular weight is 491 g/mol. The highest BCUT2D eigenvalue weighted by Crippen LogP contribution is 2.37. The molecule has 9 nitrogen and oxygen atoms in total. The van der Waals surface area contributed by atoms with Gasteiger partial charge in [0.25, 0.3) is 11.8 Å². The standard InChI is InChI=1S/C23H24F3N5O4/c1-14(32)35-22(2,3)21-30-29-20(34-21)17-8-9-19(28-27-17)31-12-10-15(11-13-31)33-18-7-5-4-6-16(18)23(24,25)26/h4-9,15H,10-13H2,1-3H3. The number of aromatic nitrogens is 4. The zero-order valence-corrected chi connectivity index (χ0v) is 19.4. The quantitative estimate of drug-likeness (QED) is 0.464. The van der Waals surface area contributed by atoms with Gasteiger partial charge in [0.1, 0.15) is 17.5 Å². The number of alkyl halides is 3. The lowest BCUT2D eigenvalue weighted by Crippen LogP contribution is -2.39. The summed E-state index contributed by atoms with van der Waals surface area (Å²) in [4.78, 5) is 13.3. The predicted octanol–water partition coefficient (Wildman–Crippen LogP) is 4.39. The largest absolute Gasteiger partial charge is 0.490 e. The van der Waals surface area contributed by atoms with E-state index in [9.17, 15) is 18.0 Å². The maximum absolute atomic E-state index is 13.2. The van der Waals surface area contributed by atoms with Crippen LogP contribution in [-0.4, -0.2) is 45.6 Å². The van der Waals surface area contributed by atoms with E-state index in [1.807, 2.05) is 4.90 Å². The summed E-state index contributed by atoms with van der Waals surface area (Å²) in [5.74, 6) is 0.247. The first-order valence-corrected chi connectivity index (χ1v) is 11.0. The minimum absolute atomic E-state index is 0.128. The Balaban J connectivity index is 1.37. The molecule has 1 aromatic carbocycles. The second-order valence-electron chi connectivity index (χ2n) is 8.59. The number of benzene rings is 1. The van der Waals surface area contributed by atoms with E-state index in [4.69, 9.17) is 13.9 Å². The smallest absolute Gasteiger partial charge is 0.419 e. The number of ether oxygens (including phenoxy) is 2. The normalized spacial score (nSPS) is 15.2. The molecule has 0 unspecified atom stereocenters. The Morgan fingerprint density at radius 3 is 2.37 bits per heavy atom. The number of para-hydroxylation sites is 1. The molecule has 1 aliphatic rings. The second kappa shape index (κ2) is 9.51. The lowest BCUT2D eigenvalue weighted by molar-refractivity contribution is -0.156. The van der Waals surface area contributed by atoms with E-state index in [-0.39, 0.29) is 23.6 Å². The topological polar surface area (TPSA) is 103 Å². The molecule has 0 aliphatic carbocycles. The van der Waals surface area contributed by atoms with Crippen LogP contribution in [0.3, 0.4) is 0 Å². The van der Waals surface area contributed by atoms with Crippen LogP contribution >= 0.6 is 0 Å². The summed E-state index contributed by atoms with van der Waals surface area (Å²) < 4.78 is 56.1. The summed E-state index contributed by atoms with van der Waals surface area (Å²) >= 11 is 0. The van der Waals surface area contributed by atoms with Crippen LogP contribution in [0.2, 0.25) is 0 Å². The van der Waals surface area contributed by atoms with Gasteiger partial charge in [0.05, 0.1) is 5.56 Å². The van der Waals surface area contributed by atoms with Crippen LogP contribution < -0.4 is 9.64 Å². The Kier molecular flexibility index (Phi) is 6.64. The summed E-state index contributed by atoms with van der Waals surface area (Å²) in [6.45, 7) is 5.66. The monoisotopic (exact) mass is 491 g/mol. The molecule has 0 N–H and O–H groups in total. The van der Waals surface area contributed by atoms with Crippen molar-refractivity contribution in [1.82, 2.24) is 20.4 Å². The second-order valence-corrected chi connectivity index (χ2v) is 8.59. The summed E-state index contributed by atoms with van der Waals surface area (Å²) in [5, 5.41) is 16.3. The Bertz CT molecular complexity index is 1170. The van der Waals surface area contributed by atoms with E-state index >= 15 is 0 Å². The van der Waals surface area contributed by atoms with Crippen LogP contribution in [0.25, 0.3) is 11.6 Å². The first-order valence-electron chi connectivity index (χ1n) is 11.0. The van der Waals surface area contributed by atoms with Gasteiger partial charge in [0.2, 0.25) is 0 Å². The van der Waals surface area contributed by atoms with Crippen LogP contribution in [-0.2, 0) is 21.3 Å². The van der Waals surface area contributed by atoms with Crippen molar-refractivity contribution in [1.29, 1.82) is 0 Å². The third kappa shape index (κ3) is 5.69. The van der Waals surface area contributed by atoms with E-state index < -0.39 is 23.3 Å². The molecule has 0 bridgehead atoms. The number of anilines is 1. The lowest BCUT2D eigenvalue weighted by atomic mass is 10.1. The van der Waals surface area contributed by atoms with Crippen molar-refractivity contribution < 1.29 is 31.9 Å². The Morgan fingerprint density at radius 1 is 1.03 bits per heavy atom. The number of rotatable bonds is 6. The predicted molar refractivity (Wildman–Crippen MR) is 117 cm³/mol. The van der Waals surface area contributed by atoms with Crippen molar-refractivity contribution in [3.8, 4) is 17.3 Å². The third-order valence-corrected chi connectivity index (χ3v) is 5.46. The Morgan fingerprint density at radius 2 is 1.74 bits per heavy atom. The van der Waals surface area contributed by atoms with Crippen molar-refractivity contribution in [3.63, 3.8) is 0 Å².